The van der Waals surface area contributed by atoms with Crippen LogP contribution in [0.3, 0.4) is 0 Å². The van der Waals surface area contributed by atoms with Crippen molar-refractivity contribution in [2.24, 2.45) is 0 Å². The minimum atomic E-state index is -0.290. The van der Waals surface area contributed by atoms with Gasteiger partial charge in [-0.05, 0) is 28.5 Å². The minimum Gasteiger partial charge on any atom is -0.422 e. The van der Waals surface area contributed by atoms with Crippen molar-refractivity contribution in [3.8, 4) is 0 Å². The summed E-state index contributed by atoms with van der Waals surface area (Å²) in [5.41, 5.74) is 2.79. The summed E-state index contributed by atoms with van der Waals surface area (Å²) in [5, 5.41) is 0.997. The molecule has 1 heterocycles. The molecule has 2 nitrogen and oxygen atoms in total. The Hall–Kier alpha value is -1.57. The molecule has 0 spiro atoms. The molecular formula is C17H22O2. The van der Waals surface area contributed by atoms with Gasteiger partial charge in [-0.3, -0.25) is 0 Å². The van der Waals surface area contributed by atoms with Crippen LogP contribution >= 0.6 is 0 Å². The van der Waals surface area contributed by atoms with Crippen molar-refractivity contribution < 1.29 is 4.42 Å². The van der Waals surface area contributed by atoms with Crippen LogP contribution in [0.2, 0.25) is 0 Å². The molecule has 0 atom stereocenters. The van der Waals surface area contributed by atoms with E-state index in [9.17, 15) is 4.79 Å². The third kappa shape index (κ3) is 2.73. The zero-order chi connectivity index (χ0) is 14.4. The van der Waals surface area contributed by atoms with Crippen molar-refractivity contribution in [3.05, 3.63) is 45.8 Å². The summed E-state index contributed by atoms with van der Waals surface area (Å²) in [5.74, 6) is 0. The van der Waals surface area contributed by atoms with Crippen LogP contribution in [0.15, 0.2) is 33.5 Å². The van der Waals surface area contributed by atoms with Gasteiger partial charge in [0.05, 0.1) is 0 Å². The summed E-state index contributed by atoms with van der Waals surface area (Å²) < 4.78 is 5.43. The Bertz CT molecular complexity index is 664. The molecule has 19 heavy (non-hydrogen) atoms. The highest BCUT2D eigenvalue weighted by molar-refractivity contribution is 5.82. The summed E-state index contributed by atoms with van der Waals surface area (Å²) in [6.45, 7) is 13.0. The normalized spacial score (nSPS) is 12.9. The molecule has 0 radical (unpaired) electrons. The van der Waals surface area contributed by atoms with Crippen LogP contribution in [0.1, 0.15) is 52.7 Å². The Labute approximate surface area is 114 Å². The van der Waals surface area contributed by atoms with Crippen molar-refractivity contribution in [1.29, 1.82) is 0 Å². The van der Waals surface area contributed by atoms with Gasteiger partial charge < -0.3 is 4.42 Å². The van der Waals surface area contributed by atoms with Gasteiger partial charge in [0.2, 0.25) is 0 Å². The SMILES string of the molecule is CC(C)(C)c1cc(C(C)(C)C)c2oc(=O)ccc2c1. The summed E-state index contributed by atoms with van der Waals surface area (Å²) in [6.07, 6.45) is 0. The standard InChI is InChI=1S/C17H22O2/c1-16(2,3)12-9-11-7-8-14(18)19-15(11)13(10-12)17(4,5)6/h7-10H,1-6H3. The van der Waals surface area contributed by atoms with E-state index in [2.05, 4.69) is 53.7 Å². The Morgan fingerprint density at radius 1 is 0.895 bits per heavy atom. The maximum atomic E-state index is 11.5. The van der Waals surface area contributed by atoms with Gasteiger partial charge in [-0.15, -0.1) is 0 Å². The summed E-state index contributed by atoms with van der Waals surface area (Å²) in [6, 6.07) is 7.63. The van der Waals surface area contributed by atoms with Crippen molar-refractivity contribution in [1.82, 2.24) is 0 Å². The van der Waals surface area contributed by atoms with Crippen molar-refractivity contribution in [3.63, 3.8) is 0 Å². The molecule has 0 aliphatic rings. The number of hydrogen-bond acceptors (Lipinski definition) is 2. The van der Waals surface area contributed by atoms with E-state index in [1.807, 2.05) is 6.07 Å². The lowest BCUT2D eigenvalue weighted by Gasteiger charge is -2.25. The third-order valence-electron chi connectivity index (χ3n) is 3.39. The van der Waals surface area contributed by atoms with Crippen molar-refractivity contribution >= 4 is 11.0 Å². The molecular weight excluding hydrogens is 236 g/mol. The van der Waals surface area contributed by atoms with Crippen LogP contribution in [0, 0.1) is 0 Å². The molecule has 102 valence electrons. The monoisotopic (exact) mass is 258 g/mol. The molecule has 1 aromatic heterocycles. The molecule has 0 saturated heterocycles. The lowest BCUT2D eigenvalue weighted by atomic mass is 9.79. The van der Waals surface area contributed by atoms with Gasteiger partial charge in [0.25, 0.3) is 0 Å². The maximum absolute atomic E-state index is 11.5. The van der Waals surface area contributed by atoms with E-state index in [1.165, 1.54) is 11.6 Å². The van der Waals surface area contributed by atoms with Gasteiger partial charge in [0, 0.05) is 17.0 Å². The predicted octanol–water partition coefficient (Wildman–Crippen LogP) is 4.39. The number of hydrogen-bond donors (Lipinski definition) is 0. The highest BCUT2D eigenvalue weighted by atomic mass is 16.4. The average molecular weight is 258 g/mol. The Morgan fingerprint density at radius 2 is 1.53 bits per heavy atom. The fraction of sp³-hybridized carbons (Fsp3) is 0.471. The minimum absolute atomic E-state index is 0.0587. The van der Waals surface area contributed by atoms with Gasteiger partial charge in [-0.25, -0.2) is 4.79 Å². The average Bonchev–Trinajstić information content (AvgIpc) is 2.24. The quantitative estimate of drug-likeness (QED) is 0.656. The number of fused-ring (bicyclic) bond motifs is 1. The third-order valence-corrected chi connectivity index (χ3v) is 3.39. The maximum Gasteiger partial charge on any atom is 0.336 e. The van der Waals surface area contributed by atoms with Crippen LogP contribution in [0.25, 0.3) is 11.0 Å². The molecule has 0 aliphatic heterocycles. The van der Waals surface area contributed by atoms with E-state index in [4.69, 9.17) is 4.42 Å². The molecule has 0 N–H and O–H groups in total. The first-order valence-corrected chi connectivity index (χ1v) is 6.68. The number of benzene rings is 1. The van der Waals surface area contributed by atoms with Crippen molar-refractivity contribution in [2.45, 2.75) is 52.4 Å². The lowest BCUT2D eigenvalue weighted by Crippen LogP contribution is -2.17. The Balaban J connectivity index is 2.89. The molecule has 2 rings (SSSR count). The molecule has 2 heteroatoms. The molecule has 1 aromatic carbocycles. The second-order valence-corrected chi connectivity index (χ2v) is 7.20. The largest absolute Gasteiger partial charge is 0.422 e. The Morgan fingerprint density at radius 3 is 2.05 bits per heavy atom. The molecule has 0 saturated carbocycles. The zero-order valence-corrected chi connectivity index (χ0v) is 12.6. The van der Waals surface area contributed by atoms with E-state index in [0.717, 1.165) is 10.9 Å². The second kappa shape index (κ2) is 4.22. The Kier molecular flexibility index (Phi) is 3.08. The van der Waals surface area contributed by atoms with Gasteiger partial charge in [0.15, 0.2) is 0 Å². The van der Waals surface area contributed by atoms with Crippen LogP contribution in [0.5, 0.6) is 0 Å². The highest BCUT2D eigenvalue weighted by Crippen LogP contribution is 2.34. The van der Waals surface area contributed by atoms with Gasteiger partial charge in [0.1, 0.15) is 5.58 Å². The summed E-state index contributed by atoms with van der Waals surface area (Å²) >= 11 is 0. The van der Waals surface area contributed by atoms with Crippen LogP contribution in [0.4, 0.5) is 0 Å². The molecule has 0 aliphatic carbocycles. The molecule has 0 unspecified atom stereocenters. The molecule has 0 amide bonds. The van der Waals surface area contributed by atoms with E-state index in [1.54, 1.807) is 0 Å². The van der Waals surface area contributed by atoms with Gasteiger partial charge in [-0.1, -0.05) is 47.6 Å². The van der Waals surface area contributed by atoms with Gasteiger partial charge >= 0.3 is 5.63 Å². The van der Waals surface area contributed by atoms with Crippen LogP contribution in [-0.4, -0.2) is 0 Å². The lowest BCUT2D eigenvalue weighted by molar-refractivity contribution is 0.525. The zero-order valence-electron chi connectivity index (χ0n) is 12.6. The molecule has 2 aromatic rings. The smallest absolute Gasteiger partial charge is 0.336 e. The van der Waals surface area contributed by atoms with Crippen molar-refractivity contribution in [2.75, 3.05) is 0 Å². The van der Waals surface area contributed by atoms with Crippen LogP contribution < -0.4 is 5.63 Å². The predicted molar refractivity (Wildman–Crippen MR) is 79.9 cm³/mol. The summed E-state index contributed by atoms with van der Waals surface area (Å²) in [7, 11) is 0. The van der Waals surface area contributed by atoms with Gasteiger partial charge in [-0.2, -0.15) is 0 Å². The fourth-order valence-corrected chi connectivity index (χ4v) is 2.17. The first-order valence-electron chi connectivity index (χ1n) is 6.68. The first-order chi connectivity index (χ1) is 8.59. The summed E-state index contributed by atoms with van der Waals surface area (Å²) in [4.78, 5) is 11.5. The highest BCUT2D eigenvalue weighted by Gasteiger charge is 2.23. The molecule has 0 bridgehead atoms. The van der Waals surface area contributed by atoms with E-state index >= 15 is 0 Å². The fourth-order valence-electron chi connectivity index (χ4n) is 2.17. The molecule has 0 fully saturated rings. The first kappa shape index (κ1) is 13.9. The van der Waals surface area contributed by atoms with E-state index < -0.39 is 0 Å². The number of rotatable bonds is 0. The van der Waals surface area contributed by atoms with Crippen LogP contribution in [-0.2, 0) is 10.8 Å². The topological polar surface area (TPSA) is 30.2 Å². The second-order valence-electron chi connectivity index (χ2n) is 7.20. The van der Waals surface area contributed by atoms with E-state index in [0.29, 0.717) is 5.58 Å². The van der Waals surface area contributed by atoms with E-state index in [-0.39, 0.29) is 16.5 Å².